The maximum Gasteiger partial charge on any atom is 0.191 e. The maximum absolute atomic E-state index is 6.19. The van der Waals surface area contributed by atoms with Crippen LogP contribution in [0.5, 0.6) is 0 Å². The van der Waals surface area contributed by atoms with E-state index in [1.54, 1.807) is 0 Å². The molecule has 122 valence electrons. The third kappa shape index (κ3) is 5.15. The van der Waals surface area contributed by atoms with Gasteiger partial charge in [0.25, 0.3) is 0 Å². The van der Waals surface area contributed by atoms with Gasteiger partial charge in [-0.05, 0) is 26.3 Å². The molecular formula is C16H33N5. The van der Waals surface area contributed by atoms with Gasteiger partial charge in [-0.3, -0.25) is 9.89 Å². The first kappa shape index (κ1) is 16.6. The van der Waals surface area contributed by atoms with Crippen molar-refractivity contribution in [3.63, 3.8) is 0 Å². The lowest BCUT2D eigenvalue weighted by Crippen LogP contribution is -2.50. The molecule has 0 aromatic heterocycles. The van der Waals surface area contributed by atoms with Crippen LogP contribution in [0.1, 0.15) is 39.5 Å². The Bertz CT molecular complexity index is 315. The molecule has 0 saturated carbocycles. The fourth-order valence-corrected chi connectivity index (χ4v) is 3.26. The largest absolute Gasteiger partial charge is 0.370 e. The summed E-state index contributed by atoms with van der Waals surface area (Å²) in [6.07, 6.45) is 5.18. The third-order valence-corrected chi connectivity index (χ3v) is 4.93. The molecule has 1 atom stereocenters. The normalized spacial score (nSPS) is 24.9. The van der Waals surface area contributed by atoms with E-state index in [9.17, 15) is 0 Å². The zero-order valence-electron chi connectivity index (χ0n) is 13.9. The first-order valence-electron chi connectivity index (χ1n) is 8.72. The van der Waals surface area contributed by atoms with Crippen LogP contribution in [0, 0.1) is 0 Å². The Labute approximate surface area is 130 Å². The second-order valence-corrected chi connectivity index (χ2v) is 6.42. The summed E-state index contributed by atoms with van der Waals surface area (Å²) in [6.45, 7) is 13.4. The molecule has 5 heteroatoms. The Morgan fingerprint density at radius 2 is 1.62 bits per heavy atom. The number of nitrogens with zero attached hydrogens (tertiary/aromatic N) is 4. The average molecular weight is 295 g/mol. The van der Waals surface area contributed by atoms with Crippen molar-refractivity contribution in [1.82, 2.24) is 14.7 Å². The van der Waals surface area contributed by atoms with E-state index in [1.165, 1.54) is 45.3 Å². The van der Waals surface area contributed by atoms with Gasteiger partial charge in [0, 0.05) is 45.3 Å². The number of rotatable bonds is 4. The summed E-state index contributed by atoms with van der Waals surface area (Å²) in [6, 6.07) is 0.495. The molecule has 0 aromatic carbocycles. The van der Waals surface area contributed by atoms with Crippen LogP contribution >= 0.6 is 0 Å². The van der Waals surface area contributed by atoms with Gasteiger partial charge in [0.2, 0.25) is 0 Å². The highest BCUT2D eigenvalue weighted by Gasteiger charge is 2.20. The van der Waals surface area contributed by atoms with E-state index in [0.717, 1.165) is 38.7 Å². The second-order valence-electron chi connectivity index (χ2n) is 6.42. The van der Waals surface area contributed by atoms with Crippen LogP contribution in [0.3, 0.4) is 0 Å². The summed E-state index contributed by atoms with van der Waals surface area (Å²) in [4.78, 5) is 12.0. The number of hydrogen-bond donors (Lipinski definition) is 1. The van der Waals surface area contributed by atoms with Gasteiger partial charge in [0.1, 0.15) is 0 Å². The summed E-state index contributed by atoms with van der Waals surface area (Å²) in [5.41, 5.74) is 6.19. The van der Waals surface area contributed by atoms with Gasteiger partial charge in [-0.15, -0.1) is 0 Å². The highest BCUT2D eigenvalue weighted by atomic mass is 15.3. The third-order valence-electron chi connectivity index (χ3n) is 4.93. The molecule has 21 heavy (non-hydrogen) atoms. The van der Waals surface area contributed by atoms with Crippen molar-refractivity contribution in [3.8, 4) is 0 Å². The number of hydrogen-bond acceptors (Lipinski definition) is 3. The van der Waals surface area contributed by atoms with Crippen molar-refractivity contribution in [3.05, 3.63) is 0 Å². The molecule has 1 unspecified atom stereocenters. The Morgan fingerprint density at radius 1 is 1.00 bits per heavy atom. The van der Waals surface area contributed by atoms with E-state index in [1.807, 2.05) is 0 Å². The van der Waals surface area contributed by atoms with Crippen molar-refractivity contribution in [2.45, 2.75) is 45.6 Å². The van der Waals surface area contributed by atoms with Crippen LogP contribution in [0.4, 0.5) is 0 Å². The molecular weight excluding hydrogens is 262 g/mol. The average Bonchev–Trinajstić information content (AvgIpc) is 2.81. The van der Waals surface area contributed by atoms with Gasteiger partial charge < -0.3 is 15.5 Å². The molecule has 0 aromatic rings. The molecule has 0 bridgehead atoms. The van der Waals surface area contributed by atoms with E-state index in [2.05, 4.69) is 33.5 Å². The van der Waals surface area contributed by atoms with Crippen LogP contribution < -0.4 is 5.73 Å². The predicted molar refractivity (Wildman–Crippen MR) is 89.7 cm³/mol. The quantitative estimate of drug-likeness (QED) is 0.625. The number of likely N-dealkylation sites (N-methyl/N-ethyl adjacent to an activating group) is 1. The van der Waals surface area contributed by atoms with Gasteiger partial charge in [0.05, 0.1) is 6.54 Å². The molecule has 5 nitrogen and oxygen atoms in total. The number of piperazine rings is 1. The summed E-state index contributed by atoms with van der Waals surface area (Å²) < 4.78 is 0. The SMILES string of the molecule is CCN1CCN(C(C)CN=C(N)N2CCCCCC2)CC1. The minimum absolute atomic E-state index is 0.495. The molecule has 0 amide bonds. The zero-order valence-corrected chi connectivity index (χ0v) is 13.9. The molecule has 2 saturated heterocycles. The molecule has 0 aliphatic carbocycles. The maximum atomic E-state index is 6.19. The van der Waals surface area contributed by atoms with Crippen LogP contribution in [0.25, 0.3) is 0 Å². The van der Waals surface area contributed by atoms with E-state index in [0.29, 0.717) is 6.04 Å². The number of aliphatic imine (C=N–C) groups is 1. The van der Waals surface area contributed by atoms with Gasteiger partial charge in [-0.1, -0.05) is 19.8 Å². The number of likely N-dealkylation sites (tertiary alicyclic amines) is 1. The van der Waals surface area contributed by atoms with Gasteiger partial charge in [0.15, 0.2) is 5.96 Å². The standard InChI is InChI=1S/C16H33N5/c1-3-19-10-12-20(13-11-19)15(2)14-18-16(17)21-8-6-4-5-7-9-21/h15H,3-14H2,1-2H3,(H2,17,18). The minimum atomic E-state index is 0.495. The van der Waals surface area contributed by atoms with Crippen LogP contribution in [0.15, 0.2) is 4.99 Å². The molecule has 2 fully saturated rings. The smallest absolute Gasteiger partial charge is 0.191 e. The highest BCUT2D eigenvalue weighted by molar-refractivity contribution is 5.78. The second kappa shape index (κ2) is 8.59. The molecule has 0 radical (unpaired) electrons. The van der Waals surface area contributed by atoms with Gasteiger partial charge in [-0.2, -0.15) is 0 Å². The van der Waals surface area contributed by atoms with Crippen molar-refractivity contribution >= 4 is 5.96 Å². The van der Waals surface area contributed by atoms with E-state index < -0.39 is 0 Å². The minimum Gasteiger partial charge on any atom is -0.370 e. The fourth-order valence-electron chi connectivity index (χ4n) is 3.26. The lowest BCUT2D eigenvalue weighted by atomic mass is 10.2. The Balaban J connectivity index is 1.76. The zero-order chi connectivity index (χ0) is 15.1. The summed E-state index contributed by atoms with van der Waals surface area (Å²) in [7, 11) is 0. The summed E-state index contributed by atoms with van der Waals surface area (Å²) in [5, 5.41) is 0. The molecule has 0 spiro atoms. The first-order chi connectivity index (χ1) is 10.2. The fraction of sp³-hybridized carbons (Fsp3) is 0.938. The first-order valence-corrected chi connectivity index (χ1v) is 8.72. The Kier molecular flexibility index (Phi) is 6.77. The monoisotopic (exact) mass is 295 g/mol. The predicted octanol–water partition coefficient (Wildman–Crippen LogP) is 1.20. The van der Waals surface area contributed by atoms with E-state index in [-0.39, 0.29) is 0 Å². The van der Waals surface area contributed by atoms with E-state index >= 15 is 0 Å². The number of nitrogens with two attached hydrogens (primary N) is 1. The van der Waals surface area contributed by atoms with Crippen molar-refractivity contribution in [2.24, 2.45) is 10.7 Å². The van der Waals surface area contributed by atoms with Crippen molar-refractivity contribution in [1.29, 1.82) is 0 Å². The molecule has 2 aliphatic rings. The van der Waals surface area contributed by atoms with Crippen molar-refractivity contribution in [2.75, 3.05) is 52.4 Å². The van der Waals surface area contributed by atoms with E-state index in [4.69, 9.17) is 5.73 Å². The molecule has 2 aliphatic heterocycles. The van der Waals surface area contributed by atoms with Crippen LogP contribution in [0.2, 0.25) is 0 Å². The topological polar surface area (TPSA) is 48.1 Å². The lowest BCUT2D eigenvalue weighted by Gasteiger charge is -2.37. The molecule has 2 heterocycles. The lowest BCUT2D eigenvalue weighted by molar-refractivity contribution is 0.109. The molecule has 2 N–H and O–H groups in total. The Morgan fingerprint density at radius 3 is 2.19 bits per heavy atom. The summed E-state index contributed by atoms with van der Waals surface area (Å²) >= 11 is 0. The molecule has 2 rings (SSSR count). The van der Waals surface area contributed by atoms with Gasteiger partial charge in [-0.25, -0.2) is 0 Å². The highest BCUT2D eigenvalue weighted by Crippen LogP contribution is 2.10. The van der Waals surface area contributed by atoms with Crippen LogP contribution in [-0.2, 0) is 0 Å². The van der Waals surface area contributed by atoms with Gasteiger partial charge >= 0.3 is 0 Å². The van der Waals surface area contributed by atoms with Crippen LogP contribution in [-0.4, -0.2) is 79.1 Å². The Hall–Kier alpha value is -0.810. The van der Waals surface area contributed by atoms with Crippen molar-refractivity contribution < 1.29 is 0 Å². The number of guanidine groups is 1. The summed E-state index contributed by atoms with van der Waals surface area (Å²) in [5.74, 6) is 0.760.